The Morgan fingerprint density at radius 3 is 2.55 bits per heavy atom. The summed E-state index contributed by atoms with van der Waals surface area (Å²) in [5.41, 5.74) is 0.441. The molecule has 0 radical (unpaired) electrons. The zero-order valence-electron chi connectivity index (χ0n) is 11.8. The van der Waals surface area contributed by atoms with Crippen molar-refractivity contribution in [2.75, 3.05) is 13.6 Å². The van der Waals surface area contributed by atoms with Crippen LogP contribution in [-0.2, 0) is 4.79 Å². The Kier molecular flexibility index (Phi) is 4.69. The first kappa shape index (κ1) is 16.7. The van der Waals surface area contributed by atoms with Crippen LogP contribution in [0.25, 0.3) is 0 Å². The highest BCUT2D eigenvalue weighted by Gasteiger charge is 2.43. The van der Waals surface area contributed by atoms with E-state index in [-0.39, 0.29) is 6.42 Å². The maximum atomic E-state index is 13.3. The lowest BCUT2D eigenvalue weighted by Crippen LogP contribution is -2.49. The number of nitrogens with one attached hydrogen (secondary N) is 1. The van der Waals surface area contributed by atoms with E-state index in [0.717, 1.165) is 19.2 Å². The molecule has 0 aromatic heterocycles. The van der Waals surface area contributed by atoms with Gasteiger partial charge in [-0.25, -0.2) is 8.78 Å². The van der Waals surface area contributed by atoms with Gasteiger partial charge < -0.3 is 10.2 Å². The number of nitrogens with zero attached hydrogens (tertiary/aromatic N) is 1. The maximum Gasteiger partial charge on any atom is 0.471 e. The van der Waals surface area contributed by atoms with Crippen LogP contribution in [0.1, 0.15) is 24.4 Å². The van der Waals surface area contributed by atoms with Crippen LogP contribution in [0, 0.1) is 11.6 Å². The molecule has 1 saturated heterocycles. The van der Waals surface area contributed by atoms with Gasteiger partial charge in [-0.15, -0.1) is 0 Å². The summed E-state index contributed by atoms with van der Waals surface area (Å²) in [6.45, 7) is 0.379. The smallest absolute Gasteiger partial charge is 0.335 e. The second-order valence-corrected chi connectivity index (χ2v) is 5.27. The van der Waals surface area contributed by atoms with Crippen molar-refractivity contribution < 1.29 is 26.7 Å². The molecule has 2 atom stereocenters. The molecule has 0 spiro atoms. The van der Waals surface area contributed by atoms with Crippen LogP contribution in [0.4, 0.5) is 22.0 Å². The topological polar surface area (TPSA) is 32.3 Å². The normalized spacial score (nSPS) is 22.5. The van der Waals surface area contributed by atoms with Crippen molar-refractivity contribution in [3.05, 3.63) is 35.4 Å². The first-order valence-corrected chi connectivity index (χ1v) is 6.72. The number of rotatable bonds is 2. The second kappa shape index (κ2) is 6.20. The van der Waals surface area contributed by atoms with Gasteiger partial charge >= 0.3 is 12.1 Å². The van der Waals surface area contributed by atoms with Gasteiger partial charge in [-0.3, -0.25) is 4.79 Å². The number of benzene rings is 1. The molecule has 0 unspecified atom stereocenters. The molecule has 1 N–H and O–H groups in total. The Bertz CT molecular complexity index is 561. The third kappa shape index (κ3) is 3.55. The van der Waals surface area contributed by atoms with Gasteiger partial charge in [0.05, 0.1) is 0 Å². The molecular formula is C14H15F5N2O. The molecule has 1 fully saturated rings. The highest BCUT2D eigenvalue weighted by atomic mass is 19.4. The number of carbonyl (C=O) groups excluding carboxylic acids is 1. The SMILES string of the molecule is CN(C(=O)C(F)(F)F)[C@@H]1CCN[C@H](c2ccc(F)c(F)c2)C1. The Balaban J connectivity index is 2.11. The molecule has 1 aromatic carbocycles. The molecule has 0 aliphatic carbocycles. The average Bonchev–Trinajstić information content (AvgIpc) is 2.47. The van der Waals surface area contributed by atoms with E-state index >= 15 is 0 Å². The fraction of sp³-hybridized carbons (Fsp3) is 0.500. The van der Waals surface area contributed by atoms with Crippen LogP contribution in [0.15, 0.2) is 18.2 Å². The minimum atomic E-state index is -4.92. The van der Waals surface area contributed by atoms with Crippen molar-refractivity contribution in [1.82, 2.24) is 10.2 Å². The van der Waals surface area contributed by atoms with Crippen LogP contribution in [-0.4, -0.2) is 36.6 Å². The van der Waals surface area contributed by atoms with Gasteiger partial charge in [0.2, 0.25) is 0 Å². The summed E-state index contributed by atoms with van der Waals surface area (Å²) >= 11 is 0. The lowest BCUT2D eigenvalue weighted by atomic mass is 9.93. The first-order chi connectivity index (χ1) is 10.2. The van der Waals surface area contributed by atoms with Crippen LogP contribution in [0.2, 0.25) is 0 Å². The molecule has 1 aliphatic rings. The Hall–Kier alpha value is -1.70. The number of piperidine rings is 1. The van der Waals surface area contributed by atoms with Gasteiger partial charge in [0, 0.05) is 19.1 Å². The molecule has 1 aromatic rings. The minimum Gasteiger partial charge on any atom is -0.335 e. The highest BCUT2D eigenvalue weighted by Crippen LogP contribution is 2.29. The van der Waals surface area contributed by atoms with Gasteiger partial charge in [-0.1, -0.05) is 6.07 Å². The molecule has 8 heteroatoms. The van der Waals surface area contributed by atoms with E-state index in [0.29, 0.717) is 23.4 Å². The zero-order valence-corrected chi connectivity index (χ0v) is 11.8. The largest absolute Gasteiger partial charge is 0.471 e. The summed E-state index contributed by atoms with van der Waals surface area (Å²) in [5, 5.41) is 3.04. The summed E-state index contributed by atoms with van der Waals surface area (Å²) < 4.78 is 63.6. The molecule has 0 bridgehead atoms. The van der Waals surface area contributed by atoms with E-state index in [1.807, 2.05) is 0 Å². The second-order valence-electron chi connectivity index (χ2n) is 5.27. The number of hydrogen-bond acceptors (Lipinski definition) is 2. The number of alkyl halides is 3. The standard InChI is InChI=1S/C14H15F5N2O/c1-21(13(22)14(17,18)19)9-4-5-20-12(7-9)8-2-3-10(15)11(16)6-8/h2-3,6,9,12,20H,4-5,7H2,1H3/t9-,12+/m1/s1. The van der Waals surface area contributed by atoms with E-state index in [9.17, 15) is 26.7 Å². The van der Waals surface area contributed by atoms with Crippen LogP contribution >= 0.6 is 0 Å². The van der Waals surface area contributed by atoms with E-state index in [1.165, 1.54) is 6.07 Å². The summed E-state index contributed by atoms with van der Waals surface area (Å²) in [4.78, 5) is 12.0. The van der Waals surface area contributed by atoms with Gasteiger partial charge in [-0.2, -0.15) is 13.2 Å². The quantitative estimate of drug-likeness (QED) is 0.849. The van der Waals surface area contributed by atoms with Crippen LogP contribution in [0.5, 0.6) is 0 Å². The van der Waals surface area contributed by atoms with Gasteiger partial charge in [-0.05, 0) is 37.1 Å². The molecule has 122 valence electrons. The van der Waals surface area contributed by atoms with Gasteiger partial charge in [0.15, 0.2) is 11.6 Å². The molecule has 2 rings (SSSR count). The Morgan fingerprint density at radius 2 is 1.95 bits per heavy atom. The lowest BCUT2D eigenvalue weighted by molar-refractivity contribution is -0.186. The highest BCUT2D eigenvalue weighted by molar-refractivity contribution is 5.81. The van der Waals surface area contributed by atoms with Gasteiger partial charge in [0.1, 0.15) is 0 Å². The van der Waals surface area contributed by atoms with Crippen molar-refractivity contribution in [3.8, 4) is 0 Å². The summed E-state index contributed by atoms with van der Waals surface area (Å²) in [6, 6.07) is 2.32. The third-order valence-corrected chi connectivity index (χ3v) is 3.83. The van der Waals surface area contributed by atoms with Crippen molar-refractivity contribution in [1.29, 1.82) is 0 Å². The number of amides is 1. The zero-order chi connectivity index (χ0) is 16.5. The van der Waals surface area contributed by atoms with E-state index < -0.39 is 35.8 Å². The summed E-state index contributed by atoms with van der Waals surface area (Å²) in [7, 11) is 1.11. The first-order valence-electron chi connectivity index (χ1n) is 6.72. The van der Waals surface area contributed by atoms with E-state index in [1.54, 1.807) is 0 Å². The van der Waals surface area contributed by atoms with Crippen molar-refractivity contribution in [2.45, 2.75) is 31.1 Å². The van der Waals surface area contributed by atoms with E-state index in [2.05, 4.69) is 5.32 Å². The average molecular weight is 322 g/mol. The number of hydrogen-bond donors (Lipinski definition) is 1. The maximum absolute atomic E-state index is 13.3. The molecule has 3 nitrogen and oxygen atoms in total. The molecular weight excluding hydrogens is 307 g/mol. The lowest BCUT2D eigenvalue weighted by Gasteiger charge is -2.36. The third-order valence-electron chi connectivity index (χ3n) is 3.83. The Labute approximate surface area is 124 Å². The predicted octanol–water partition coefficient (Wildman–Crippen LogP) is 2.78. The molecule has 22 heavy (non-hydrogen) atoms. The number of halogens is 5. The van der Waals surface area contributed by atoms with E-state index in [4.69, 9.17) is 0 Å². The fourth-order valence-corrected chi connectivity index (χ4v) is 2.60. The van der Waals surface area contributed by atoms with Crippen LogP contribution in [0.3, 0.4) is 0 Å². The Morgan fingerprint density at radius 1 is 1.27 bits per heavy atom. The summed E-state index contributed by atoms with van der Waals surface area (Å²) in [5.74, 6) is -3.90. The van der Waals surface area contributed by atoms with Crippen LogP contribution < -0.4 is 5.32 Å². The molecule has 1 amide bonds. The summed E-state index contributed by atoms with van der Waals surface area (Å²) in [6.07, 6.45) is -4.36. The number of carbonyl (C=O) groups is 1. The minimum absolute atomic E-state index is 0.198. The van der Waals surface area contributed by atoms with Crippen molar-refractivity contribution in [2.24, 2.45) is 0 Å². The molecule has 0 saturated carbocycles. The molecule has 1 heterocycles. The van der Waals surface area contributed by atoms with Crippen molar-refractivity contribution in [3.63, 3.8) is 0 Å². The fourth-order valence-electron chi connectivity index (χ4n) is 2.60. The van der Waals surface area contributed by atoms with Gasteiger partial charge in [0.25, 0.3) is 0 Å². The predicted molar refractivity (Wildman–Crippen MR) is 68.9 cm³/mol. The molecule has 1 aliphatic heterocycles. The monoisotopic (exact) mass is 322 g/mol. The van der Waals surface area contributed by atoms with Crippen molar-refractivity contribution >= 4 is 5.91 Å².